The lowest BCUT2D eigenvalue weighted by molar-refractivity contribution is -0.124. The smallest absolute Gasteiger partial charge is 0.224 e. The van der Waals surface area contributed by atoms with Gasteiger partial charge in [-0.3, -0.25) is 4.79 Å². The van der Waals surface area contributed by atoms with E-state index < -0.39 is 0 Å². The van der Waals surface area contributed by atoms with Crippen LogP contribution in [0.5, 0.6) is 0 Å². The Balaban J connectivity index is 1.91. The van der Waals surface area contributed by atoms with Gasteiger partial charge in [-0.1, -0.05) is 25.1 Å². The number of fused-ring (bicyclic) bond motifs is 1. The summed E-state index contributed by atoms with van der Waals surface area (Å²) in [7, 11) is 0. The van der Waals surface area contributed by atoms with Crippen molar-refractivity contribution in [1.29, 1.82) is 0 Å². The van der Waals surface area contributed by atoms with Crippen LogP contribution >= 0.6 is 0 Å². The number of para-hydroxylation sites is 1. The molecule has 0 saturated carbocycles. The highest BCUT2D eigenvalue weighted by atomic mass is 16.1. The van der Waals surface area contributed by atoms with E-state index in [1.807, 2.05) is 32.2 Å². The fraction of sp³-hybridized carbons (Fsp3) is 0.400. The summed E-state index contributed by atoms with van der Waals surface area (Å²) in [6.07, 6.45) is 2.83. The second-order valence-electron chi connectivity index (χ2n) is 5.05. The lowest BCUT2D eigenvalue weighted by Gasteiger charge is -2.15. The Morgan fingerprint density at radius 1 is 1.37 bits per heavy atom. The maximum atomic E-state index is 11.8. The third kappa shape index (κ3) is 3.15. The SMILES string of the molecule is CC(N)C(C)C(=O)NCCc1c[nH]c2ccccc12. The van der Waals surface area contributed by atoms with Crippen LogP contribution in [0.15, 0.2) is 30.5 Å². The number of H-pyrrole nitrogens is 1. The average Bonchev–Trinajstić information content (AvgIpc) is 2.81. The molecule has 4 N–H and O–H groups in total. The lowest BCUT2D eigenvalue weighted by Crippen LogP contribution is -2.39. The lowest BCUT2D eigenvalue weighted by atomic mass is 10.0. The van der Waals surface area contributed by atoms with E-state index in [0.29, 0.717) is 6.54 Å². The van der Waals surface area contributed by atoms with E-state index >= 15 is 0 Å². The normalized spacial score (nSPS) is 14.3. The minimum Gasteiger partial charge on any atom is -0.361 e. The number of carbonyl (C=O) groups excluding carboxylic acids is 1. The van der Waals surface area contributed by atoms with Crippen LogP contribution in [0.4, 0.5) is 0 Å². The van der Waals surface area contributed by atoms with Crippen molar-refractivity contribution in [2.24, 2.45) is 11.7 Å². The first-order valence-electron chi connectivity index (χ1n) is 6.68. The van der Waals surface area contributed by atoms with Crippen molar-refractivity contribution in [3.63, 3.8) is 0 Å². The van der Waals surface area contributed by atoms with E-state index in [-0.39, 0.29) is 17.9 Å². The maximum absolute atomic E-state index is 11.8. The zero-order valence-electron chi connectivity index (χ0n) is 11.4. The molecule has 0 bridgehead atoms. The Hall–Kier alpha value is -1.81. The highest BCUT2D eigenvalue weighted by Gasteiger charge is 2.16. The van der Waals surface area contributed by atoms with Gasteiger partial charge in [-0.2, -0.15) is 0 Å². The predicted molar refractivity (Wildman–Crippen MR) is 77.8 cm³/mol. The van der Waals surface area contributed by atoms with Crippen LogP contribution in [0, 0.1) is 5.92 Å². The molecule has 2 atom stereocenters. The molecule has 19 heavy (non-hydrogen) atoms. The number of carbonyl (C=O) groups is 1. The van der Waals surface area contributed by atoms with Gasteiger partial charge in [0.25, 0.3) is 0 Å². The summed E-state index contributed by atoms with van der Waals surface area (Å²) in [6, 6.07) is 8.06. The van der Waals surface area contributed by atoms with Crippen LogP contribution < -0.4 is 11.1 Å². The third-order valence-corrected chi connectivity index (χ3v) is 3.57. The molecule has 0 aliphatic rings. The summed E-state index contributed by atoms with van der Waals surface area (Å²) in [5.41, 5.74) is 8.07. The second-order valence-corrected chi connectivity index (χ2v) is 5.05. The number of amides is 1. The van der Waals surface area contributed by atoms with Crippen LogP contribution in [0.1, 0.15) is 19.4 Å². The van der Waals surface area contributed by atoms with Crippen molar-refractivity contribution in [3.05, 3.63) is 36.0 Å². The van der Waals surface area contributed by atoms with Gasteiger partial charge in [0.2, 0.25) is 5.91 Å². The van der Waals surface area contributed by atoms with Gasteiger partial charge in [-0.05, 0) is 25.0 Å². The summed E-state index contributed by atoms with van der Waals surface area (Å²) in [5.74, 6) is -0.127. The van der Waals surface area contributed by atoms with Gasteiger partial charge in [-0.15, -0.1) is 0 Å². The van der Waals surface area contributed by atoms with Crippen molar-refractivity contribution >= 4 is 16.8 Å². The molecule has 2 rings (SSSR count). The molecule has 2 aromatic rings. The third-order valence-electron chi connectivity index (χ3n) is 3.57. The molecule has 102 valence electrons. The van der Waals surface area contributed by atoms with Gasteiger partial charge in [-0.25, -0.2) is 0 Å². The zero-order valence-corrected chi connectivity index (χ0v) is 11.4. The number of hydrogen-bond acceptors (Lipinski definition) is 2. The first-order valence-corrected chi connectivity index (χ1v) is 6.68. The van der Waals surface area contributed by atoms with E-state index in [1.165, 1.54) is 10.9 Å². The largest absolute Gasteiger partial charge is 0.361 e. The minimum absolute atomic E-state index is 0.0230. The Kier molecular flexibility index (Phi) is 4.22. The van der Waals surface area contributed by atoms with E-state index in [0.717, 1.165) is 11.9 Å². The summed E-state index contributed by atoms with van der Waals surface area (Å²) < 4.78 is 0. The fourth-order valence-corrected chi connectivity index (χ4v) is 2.06. The molecule has 1 aromatic carbocycles. The van der Waals surface area contributed by atoms with Crippen molar-refractivity contribution < 1.29 is 4.79 Å². The van der Waals surface area contributed by atoms with E-state index in [9.17, 15) is 4.79 Å². The molecule has 0 saturated heterocycles. The average molecular weight is 259 g/mol. The van der Waals surface area contributed by atoms with Gasteiger partial charge in [0.1, 0.15) is 0 Å². The molecule has 1 heterocycles. The topological polar surface area (TPSA) is 70.9 Å². The molecule has 0 fully saturated rings. The first kappa shape index (κ1) is 13.6. The molecule has 2 unspecified atom stereocenters. The number of nitrogens with two attached hydrogens (primary N) is 1. The van der Waals surface area contributed by atoms with Crippen LogP contribution in [0.3, 0.4) is 0 Å². The number of nitrogens with one attached hydrogen (secondary N) is 2. The van der Waals surface area contributed by atoms with Crippen molar-refractivity contribution in [1.82, 2.24) is 10.3 Å². The molecule has 4 heteroatoms. The van der Waals surface area contributed by atoms with Gasteiger partial charge >= 0.3 is 0 Å². The Labute approximate surface area is 113 Å². The number of aromatic amines is 1. The molecule has 4 nitrogen and oxygen atoms in total. The van der Waals surface area contributed by atoms with E-state index in [4.69, 9.17) is 5.73 Å². The second kappa shape index (κ2) is 5.89. The molecule has 0 radical (unpaired) electrons. The quantitative estimate of drug-likeness (QED) is 0.766. The molecular weight excluding hydrogens is 238 g/mol. The summed E-state index contributed by atoms with van der Waals surface area (Å²) >= 11 is 0. The zero-order chi connectivity index (χ0) is 13.8. The standard InChI is InChI=1S/C15H21N3O/c1-10(11(2)16)15(19)17-8-7-12-9-18-14-6-4-3-5-13(12)14/h3-6,9-11,18H,7-8,16H2,1-2H3,(H,17,19). The summed E-state index contributed by atoms with van der Waals surface area (Å²) in [4.78, 5) is 15.0. The van der Waals surface area contributed by atoms with Crippen LogP contribution in [0.2, 0.25) is 0 Å². The van der Waals surface area contributed by atoms with Gasteiger partial charge in [0.15, 0.2) is 0 Å². The number of hydrogen-bond donors (Lipinski definition) is 3. The summed E-state index contributed by atoms with van der Waals surface area (Å²) in [5, 5.41) is 4.15. The molecule has 1 amide bonds. The van der Waals surface area contributed by atoms with Crippen LogP contribution in [0.25, 0.3) is 10.9 Å². The molecule has 1 aromatic heterocycles. The Bertz CT molecular complexity index is 559. The Morgan fingerprint density at radius 2 is 2.11 bits per heavy atom. The molecular formula is C15H21N3O. The number of aromatic nitrogens is 1. The van der Waals surface area contributed by atoms with Gasteiger partial charge in [0, 0.05) is 35.6 Å². The van der Waals surface area contributed by atoms with Gasteiger partial charge in [0.05, 0.1) is 0 Å². The predicted octanol–water partition coefficient (Wildman–Crippen LogP) is 1.81. The maximum Gasteiger partial charge on any atom is 0.224 e. The van der Waals surface area contributed by atoms with Crippen molar-refractivity contribution in [2.45, 2.75) is 26.3 Å². The molecule has 0 aliphatic heterocycles. The first-order chi connectivity index (χ1) is 9.09. The highest BCUT2D eigenvalue weighted by molar-refractivity contribution is 5.83. The van der Waals surface area contributed by atoms with Crippen LogP contribution in [-0.4, -0.2) is 23.5 Å². The monoisotopic (exact) mass is 259 g/mol. The minimum atomic E-state index is -0.150. The van der Waals surface area contributed by atoms with Gasteiger partial charge < -0.3 is 16.0 Å². The highest BCUT2D eigenvalue weighted by Crippen LogP contribution is 2.17. The van der Waals surface area contributed by atoms with E-state index in [1.54, 1.807) is 0 Å². The van der Waals surface area contributed by atoms with Crippen molar-refractivity contribution in [3.8, 4) is 0 Å². The fourth-order valence-electron chi connectivity index (χ4n) is 2.06. The van der Waals surface area contributed by atoms with Crippen LogP contribution in [-0.2, 0) is 11.2 Å². The van der Waals surface area contributed by atoms with Crippen molar-refractivity contribution in [2.75, 3.05) is 6.54 Å². The summed E-state index contributed by atoms with van der Waals surface area (Å²) in [6.45, 7) is 4.34. The molecule has 0 spiro atoms. The molecule has 0 aliphatic carbocycles. The van der Waals surface area contributed by atoms with E-state index in [2.05, 4.69) is 22.4 Å². The number of rotatable bonds is 5. The number of benzene rings is 1. The Morgan fingerprint density at radius 3 is 2.84 bits per heavy atom.